The summed E-state index contributed by atoms with van der Waals surface area (Å²) in [6.07, 6.45) is 5.30. The number of nitrogens with one attached hydrogen (secondary N) is 2. The van der Waals surface area contributed by atoms with E-state index in [1.54, 1.807) is 10.9 Å². The van der Waals surface area contributed by atoms with E-state index in [1.165, 1.54) is 6.20 Å². The molecule has 2 aliphatic heterocycles. The molecule has 12 heteroatoms. The van der Waals surface area contributed by atoms with Gasteiger partial charge in [-0.05, 0) is 5.92 Å². The molecule has 10 nitrogen and oxygen atoms in total. The van der Waals surface area contributed by atoms with E-state index < -0.39 is 9.84 Å². The van der Waals surface area contributed by atoms with Crippen LogP contribution < -0.4 is 10.6 Å². The molecule has 4 heterocycles. The Bertz CT molecular complexity index is 1050. The quantitative estimate of drug-likeness (QED) is 0.552. The molecule has 0 amide bonds. The summed E-state index contributed by atoms with van der Waals surface area (Å²) in [5, 5.41) is 10.9. The Morgan fingerprint density at radius 3 is 2.78 bits per heavy atom. The highest BCUT2D eigenvalue weighted by Gasteiger charge is 2.49. The van der Waals surface area contributed by atoms with Crippen LogP contribution in [0.1, 0.15) is 20.3 Å². The Balaban J connectivity index is 1.40. The molecule has 4 rings (SSSR count). The number of anilines is 3. The van der Waals surface area contributed by atoms with E-state index in [2.05, 4.69) is 25.7 Å². The zero-order chi connectivity index (χ0) is 22.9. The third-order valence-corrected chi connectivity index (χ3v) is 8.18. The van der Waals surface area contributed by atoms with E-state index in [-0.39, 0.29) is 41.6 Å². The normalized spacial score (nSPS) is 26.1. The monoisotopic (exact) mass is 484 g/mol. The third kappa shape index (κ3) is 5.33. The molecule has 32 heavy (non-hydrogen) atoms. The van der Waals surface area contributed by atoms with Crippen molar-refractivity contribution in [1.29, 1.82) is 0 Å². The number of hydrogen-bond donors (Lipinski definition) is 2. The van der Waals surface area contributed by atoms with Crippen LogP contribution in [0.3, 0.4) is 0 Å². The summed E-state index contributed by atoms with van der Waals surface area (Å²) in [5.74, 6) is 1.08. The molecular weight excluding hydrogens is 456 g/mol. The molecule has 2 N–H and O–H groups in total. The highest BCUT2D eigenvalue weighted by Crippen LogP contribution is 2.34. The van der Waals surface area contributed by atoms with Gasteiger partial charge in [0.05, 0.1) is 54.9 Å². The molecule has 0 aromatic carbocycles. The Morgan fingerprint density at radius 2 is 2.06 bits per heavy atom. The molecule has 2 saturated heterocycles. The Labute approximate surface area is 193 Å². The van der Waals surface area contributed by atoms with Crippen molar-refractivity contribution in [3.63, 3.8) is 0 Å². The molecule has 2 aliphatic rings. The van der Waals surface area contributed by atoms with Crippen LogP contribution in [-0.2, 0) is 26.4 Å². The Morgan fingerprint density at radius 1 is 1.28 bits per heavy atom. The summed E-state index contributed by atoms with van der Waals surface area (Å²) in [4.78, 5) is 8.67. The van der Waals surface area contributed by atoms with Crippen LogP contribution >= 0.6 is 11.6 Å². The molecule has 0 radical (unpaired) electrons. The van der Waals surface area contributed by atoms with Gasteiger partial charge in [0.1, 0.15) is 11.1 Å². The lowest BCUT2D eigenvalue weighted by molar-refractivity contribution is 0.0656. The van der Waals surface area contributed by atoms with E-state index in [4.69, 9.17) is 21.1 Å². The van der Waals surface area contributed by atoms with Crippen molar-refractivity contribution < 1.29 is 17.9 Å². The predicted octanol–water partition coefficient (Wildman–Crippen LogP) is 2.26. The molecule has 2 aromatic heterocycles. The predicted molar refractivity (Wildman–Crippen MR) is 122 cm³/mol. The smallest absolute Gasteiger partial charge is 0.229 e. The van der Waals surface area contributed by atoms with Crippen molar-refractivity contribution in [3.05, 3.63) is 23.6 Å². The second-order valence-electron chi connectivity index (χ2n) is 8.61. The number of fused-ring (bicyclic) bond motifs is 1. The van der Waals surface area contributed by atoms with Crippen LogP contribution in [0.15, 0.2) is 18.6 Å². The van der Waals surface area contributed by atoms with Gasteiger partial charge in [-0.15, -0.1) is 0 Å². The molecule has 176 valence electrons. The number of aromatic nitrogens is 4. The van der Waals surface area contributed by atoms with Crippen LogP contribution in [0.2, 0.25) is 5.02 Å². The van der Waals surface area contributed by atoms with Gasteiger partial charge >= 0.3 is 0 Å². The molecule has 2 fully saturated rings. The third-order valence-electron chi connectivity index (χ3n) is 5.89. The molecule has 5 atom stereocenters. The minimum atomic E-state index is -3.17. The minimum Gasteiger partial charge on any atom is -0.373 e. The van der Waals surface area contributed by atoms with Crippen LogP contribution in [0.4, 0.5) is 17.5 Å². The number of halogens is 1. The molecule has 3 unspecified atom stereocenters. The second kappa shape index (κ2) is 9.50. The van der Waals surface area contributed by atoms with Gasteiger partial charge in [0.15, 0.2) is 15.7 Å². The van der Waals surface area contributed by atoms with Gasteiger partial charge < -0.3 is 20.1 Å². The van der Waals surface area contributed by atoms with E-state index in [9.17, 15) is 8.42 Å². The summed E-state index contributed by atoms with van der Waals surface area (Å²) < 4.78 is 38.7. The van der Waals surface area contributed by atoms with Crippen molar-refractivity contribution in [2.75, 3.05) is 35.4 Å². The highest BCUT2D eigenvalue weighted by molar-refractivity contribution is 7.91. The Kier molecular flexibility index (Phi) is 6.89. The lowest BCUT2D eigenvalue weighted by atomic mass is 10.0. The summed E-state index contributed by atoms with van der Waals surface area (Å²) in [6, 6.07) is -0.194. The van der Waals surface area contributed by atoms with Gasteiger partial charge in [-0.1, -0.05) is 31.9 Å². The van der Waals surface area contributed by atoms with Crippen molar-refractivity contribution in [3.8, 4) is 0 Å². The lowest BCUT2D eigenvalue weighted by Crippen LogP contribution is -2.36. The van der Waals surface area contributed by atoms with Crippen molar-refractivity contribution in [2.45, 2.75) is 38.5 Å². The number of rotatable bonds is 9. The van der Waals surface area contributed by atoms with Crippen molar-refractivity contribution in [1.82, 2.24) is 19.7 Å². The topological polar surface area (TPSA) is 120 Å². The lowest BCUT2D eigenvalue weighted by Gasteiger charge is -2.19. The average Bonchev–Trinajstić information content (AvgIpc) is 3.43. The maximum atomic E-state index is 12.6. The maximum absolute atomic E-state index is 12.6. The van der Waals surface area contributed by atoms with E-state index in [0.717, 1.165) is 12.1 Å². The largest absolute Gasteiger partial charge is 0.373 e. The first-order chi connectivity index (χ1) is 15.2. The first-order valence-electron chi connectivity index (χ1n) is 10.7. The molecule has 0 saturated carbocycles. The molecule has 0 bridgehead atoms. The van der Waals surface area contributed by atoms with Crippen molar-refractivity contribution >= 4 is 38.9 Å². The molecular formula is C20H29ClN6O4S. The van der Waals surface area contributed by atoms with E-state index in [1.807, 2.05) is 27.1 Å². The second-order valence-corrected chi connectivity index (χ2v) is 11.2. The Hall–Kier alpha value is -1.95. The highest BCUT2D eigenvalue weighted by atomic mass is 35.5. The number of sulfone groups is 1. The van der Waals surface area contributed by atoms with Crippen LogP contribution in [-0.4, -0.2) is 71.1 Å². The zero-order valence-corrected chi connectivity index (χ0v) is 19.9. The first-order valence-corrected chi connectivity index (χ1v) is 12.9. The van der Waals surface area contributed by atoms with Gasteiger partial charge in [0, 0.05) is 19.2 Å². The number of ether oxygens (including phenoxy) is 2. The fourth-order valence-corrected chi connectivity index (χ4v) is 6.43. The fraction of sp³-hybridized carbons (Fsp3) is 0.650. The number of nitrogens with zero attached hydrogens (tertiary/aromatic N) is 4. The van der Waals surface area contributed by atoms with E-state index in [0.29, 0.717) is 30.0 Å². The van der Waals surface area contributed by atoms with Crippen LogP contribution in [0, 0.1) is 11.8 Å². The summed E-state index contributed by atoms with van der Waals surface area (Å²) in [7, 11) is -1.35. The van der Waals surface area contributed by atoms with Crippen LogP contribution in [0.25, 0.3) is 0 Å². The standard InChI is InChI=1S/C20H29ClN6O4S/c1-4-12(2)10-32(28,29)11-13-8-30-18-16(9-31-17(13)18)25-19-15(21)6-22-20(26-19)24-14-5-23-27(3)7-14/h5-7,12-13,16-18H,4,8-11H2,1-3H3,(H2,22,24,25,26)/t12?,13-,16-,17?,18?/m1/s1. The molecule has 2 aromatic rings. The van der Waals surface area contributed by atoms with Crippen LogP contribution in [0.5, 0.6) is 0 Å². The average molecular weight is 485 g/mol. The van der Waals surface area contributed by atoms with Gasteiger partial charge in [0.25, 0.3) is 0 Å². The van der Waals surface area contributed by atoms with Gasteiger partial charge in [-0.3, -0.25) is 4.68 Å². The number of aryl methyl sites for hydroxylation is 1. The summed E-state index contributed by atoms with van der Waals surface area (Å²) >= 11 is 6.31. The molecule has 0 aliphatic carbocycles. The maximum Gasteiger partial charge on any atom is 0.229 e. The molecule has 0 spiro atoms. The van der Waals surface area contributed by atoms with Gasteiger partial charge in [-0.25, -0.2) is 13.4 Å². The van der Waals surface area contributed by atoms with Gasteiger partial charge in [-0.2, -0.15) is 10.1 Å². The van der Waals surface area contributed by atoms with E-state index >= 15 is 0 Å². The number of hydrogen-bond acceptors (Lipinski definition) is 9. The van der Waals surface area contributed by atoms with Gasteiger partial charge in [0.2, 0.25) is 5.95 Å². The van der Waals surface area contributed by atoms with Crippen molar-refractivity contribution in [2.24, 2.45) is 18.9 Å². The summed E-state index contributed by atoms with van der Waals surface area (Å²) in [6.45, 7) is 4.70. The fourth-order valence-electron chi connectivity index (χ4n) is 4.11. The zero-order valence-electron chi connectivity index (χ0n) is 18.4. The SMILES string of the molecule is CCC(C)CS(=O)(=O)C[C@H]1COC2C1OC[C@H]2Nc1nc(Nc2cnn(C)c2)ncc1Cl. The minimum absolute atomic E-state index is 0.0820. The first kappa shape index (κ1) is 23.2. The summed E-state index contributed by atoms with van der Waals surface area (Å²) in [5.41, 5.74) is 0.755.